The molecule has 0 N–H and O–H groups in total. The van der Waals surface area contributed by atoms with Crippen LogP contribution in [0.4, 0.5) is 0 Å². The van der Waals surface area contributed by atoms with Gasteiger partial charge < -0.3 is 24.8 Å². The second-order valence-corrected chi connectivity index (χ2v) is 5.38. The average molecular weight is 485 g/mol. The molecule has 0 fully saturated rings. The van der Waals surface area contributed by atoms with Gasteiger partial charge in [-0.25, -0.2) is 0 Å². The smallest absolute Gasteiger partial charge is 1.00 e. The first-order chi connectivity index (χ1) is 8.61. The summed E-state index contributed by atoms with van der Waals surface area (Å²) in [6.45, 7) is 9.01. The van der Waals surface area contributed by atoms with Crippen LogP contribution < -0.4 is 24.8 Å². The first-order valence-electron chi connectivity index (χ1n) is 6.61. The average Bonchev–Trinajstić information content (AvgIpc) is 2.87. The van der Waals surface area contributed by atoms with E-state index in [0.717, 1.165) is 0 Å². The van der Waals surface area contributed by atoms with Gasteiger partial charge in [-0.05, 0) is 17.0 Å². The van der Waals surface area contributed by atoms with Crippen LogP contribution in [0.15, 0.2) is 30.3 Å². The van der Waals surface area contributed by atoms with E-state index in [1.54, 1.807) is 0 Å². The van der Waals surface area contributed by atoms with Crippen molar-refractivity contribution in [3.05, 3.63) is 69.3 Å². The maximum atomic E-state index is 2.35. The number of benzene rings is 1. The summed E-state index contributed by atoms with van der Waals surface area (Å²) in [6.07, 6.45) is 4.61. The van der Waals surface area contributed by atoms with E-state index >= 15 is 0 Å². The van der Waals surface area contributed by atoms with Crippen LogP contribution in [-0.4, -0.2) is 0 Å². The fourth-order valence-corrected chi connectivity index (χ4v) is 3.22. The summed E-state index contributed by atoms with van der Waals surface area (Å²) >= 11 is 0. The maximum Gasteiger partial charge on any atom is 4.00 e. The van der Waals surface area contributed by atoms with E-state index in [-0.39, 0.29) is 50.7 Å². The molecule has 2 aromatic carbocycles. The van der Waals surface area contributed by atoms with Gasteiger partial charge in [-0.1, -0.05) is 64.1 Å². The van der Waals surface area contributed by atoms with Gasteiger partial charge in [0, 0.05) is 0 Å². The largest absolute Gasteiger partial charge is 4.00 e. The van der Waals surface area contributed by atoms with Crippen LogP contribution in [0.3, 0.4) is 0 Å². The van der Waals surface area contributed by atoms with Gasteiger partial charge in [0.15, 0.2) is 0 Å². The molecule has 0 bridgehead atoms. The predicted molar refractivity (Wildman–Crippen MR) is 78.3 cm³/mol. The van der Waals surface area contributed by atoms with Crippen LogP contribution in [0.2, 0.25) is 0 Å². The second-order valence-electron chi connectivity index (χ2n) is 5.38. The SMILES string of the molecule is Cc1c(C)c(C)[c-](C2C=Cc3ccccc32)c1C.[Cl-].[Cl-].[Hf+4]. The fraction of sp³-hybridized carbons (Fsp3) is 0.278. The molecule has 1 aliphatic carbocycles. The molecule has 1 unspecified atom stereocenters. The van der Waals surface area contributed by atoms with E-state index in [0.29, 0.717) is 5.92 Å². The van der Waals surface area contributed by atoms with Gasteiger partial charge in [-0.3, -0.25) is 0 Å². The maximum absolute atomic E-state index is 2.35. The minimum absolute atomic E-state index is 0. The van der Waals surface area contributed by atoms with Crippen LogP contribution >= 0.6 is 0 Å². The van der Waals surface area contributed by atoms with Crippen molar-refractivity contribution in [2.75, 3.05) is 0 Å². The van der Waals surface area contributed by atoms with E-state index in [1.807, 2.05) is 0 Å². The molecule has 0 saturated carbocycles. The molecule has 0 aliphatic heterocycles. The number of hydrogen-bond acceptors (Lipinski definition) is 0. The Morgan fingerprint density at radius 3 is 1.95 bits per heavy atom. The molecular weight excluding hydrogens is 466 g/mol. The Balaban J connectivity index is 0.00000133. The molecule has 3 heteroatoms. The molecule has 108 valence electrons. The number of hydrogen-bond donors (Lipinski definition) is 0. The van der Waals surface area contributed by atoms with E-state index in [1.165, 1.54) is 38.9 Å². The number of fused-ring (bicyclic) bond motifs is 1. The van der Waals surface area contributed by atoms with Crippen LogP contribution in [0.25, 0.3) is 6.08 Å². The Morgan fingerprint density at radius 2 is 1.38 bits per heavy atom. The molecule has 0 spiro atoms. The predicted octanol–water partition coefficient (Wildman–Crippen LogP) is -1.20. The quantitative estimate of drug-likeness (QED) is 0.353. The molecule has 0 saturated heterocycles. The van der Waals surface area contributed by atoms with Crippen LogP contribution in [0.5, 0.6) is 0 Å². The van der Waals surface area contributed by atoms with Crippen molar-refractivity contribution in [1.82, 2.24) is 0 Å². The number of rotatable bonds is 1. The Kier molecular flexibility index (Phi) is 7.76. The Labute approximate surface area is 159 Å². The third-order valence-electron chi connectivity index (χ3n) is 4.61. The summed E-state index contributed by atoms with van der Waals surface area (Å²) in [5.74, 6) is 0.452. The molecule has 1 aliphatic rings. The van der Waals surface area contributed by atoms with Crippen molar-refractivity contribution in [1.29, 1.82) is 0 Å². The zero-order valence-electron chi connectivity index (χ0n) is 12.8. The van der Waals surface area contributed by atoms with Gasteiger partial charge in [0.2, 0.25) is 0 Å². The molecule has 0 amide bonds. The van der Waals surface area contributed by atoms with Crippen LogP contribution in [-0.2, 0) is 25.8 Å². The summed E-state index contributed by atoms with van der Waals surface area (Å²) in [6, 6.07) is 8.73. The van der Waals surface area contributed by atoms with Crippen LogP contribution in [0, 0.1) is 27.7 Å². The van der Waals surface area contributed by atoms with Gasteiger partial charge in [-0.2, -0.15) is 22.3 Å². The zero-order valence-corrected chi connectivity index (χ0v) is 17.9. The summed E-state index contributed by atoms with van der Waals surface area (Å²) in [7, 11) is 0. The monoisotopic (exact) mass is 485 g/mol. The van der Waals surface area contributed by atoms with E-state index in [2.05, 4.69) is 64.1 Å². The Hall–Kier alpha value is -0.240. The van der Waals surface area contributed by atoms with E-state index in [4.69, 9.17) is 0 Å². The molecular formula is C18H19Cl2Hf+. The molecule has 3 rings (SSSR count). The van der Waals surface area contributed by atoms with Gasteiger partial charge >= 0.3 is 25.8 Å². The molecule has 1 atom stereocenters. The molecule has 0 heterocycles. The normalized spacial score (nSPS) is 14.8. The molecule has 0 radical (unpaired) electrons. The van der Waals surface area contributed by atoms with Gasteiger partial charge in [0.25, 0.3) is 0 Å². The van der Waals surface area contributed by atoms with Crippen molar-refractivity contribution >= 4 is 6.08 Å². The first-order valence-corrected chi connectivity index (χ1v) is 6.61. The van der Waals surface area contributed by atoms with Gasteiger partial charge in [0.05, 0.1) is 0 Å². The third kappa shape index (κ3) is 3.25. The first kappa shape index (κ1) is 20.8. The molecule has 2 aromatic rings. The Morgan fingerprint density at radius 1 is 0.857 bits per heavy atom. The van der Waals surface area contributed by atoms with Crippen LogP contribution in [0.1, 0.15) is 44.9 Å². The molecule has 0 nitrogen and oxygen atoms in total. The van der Waals surface area contributed by atoms with Gasteiger partial charge in [0.1, 0.15) is 0 Å². The molecule has 0 aromatic heterocycles. The number of halogens is 2. The van der Waals surface area contributed by atoms with Gasteiger partial charge in [-0.15, -0.1) is 5.56 Å². The zero-order chi connectivity index (χ0) is 12.9. The topological polar surface area (TPSA) is 0 Å². The summed E-state index contributed by atoms with van der Waals surface area (Å²) in [5.41, 5.74) is 10.2. The Bertz CT molecular complexity index is 628. The number of allylic oxidation sites excluding steroid dienone is 1. The minimum Gasteiger partial charge on any atom is -1.00 e. The third-order valence-corrected chi connectivity index (χ3v) is 4.61. The van der Waals surface area contributed by atoms with Crippen molar-refractivity contribution in [2.45, 2.75) is 33.6 Å². The minimum atomic E-state index is 0. The summed E-state index contributed by atoms with van der Waals surface area (Å²) < 4.78 is 0. The van der Waals surface area contributed by atoms with Crippen molar-refractivity contribution in [3.8, 4) is 0 Å². The second kappa shape index (κ2) is 7.85. The van der Waals surface area contributed by atoms with Crippen molar-refractivity contribution in [2.24, 2.45) is 0 Å². The van der Waals surface area contributed by atoms with Crippen molar-refractivity contribution in [3.63, 3.8) is 0 Å². The standard InChI is InChI=1S/C18H19.2ClH.Hf/c1-11-12(2)14(4)18(13(11)3)17-10-9-15-7-5-6-8-16(15)17;;;/h5-10,17H,1-4H3;2*1H;/q-1;;;+4/p-2. The van der Waals surface area contributed by atoms with E-state index in [9.17, 15) is 0 Å². The fourth-order valence-electron chi connectivity index (χ4n) is 3.22. The van der Waals surface area contributed by atoms with Crippen molar-refractivity contribution < 1.29 is 50.7 Å². The summed E-state index contributed by atoms with van der Waals surface area (Å²) in [4.78, 5) is 0. The van der Waals surface area contributed by atoms with E-state index < -0.39 is 0 Å². The molecule has 21 heavy (non-hydrogen) atoms. The summed E-state index contributed by atoms with van der Waals surface area (Å²) in [5, 5.41) is 0.